The van der Waals surface area contributed by atoms with Crippen molar-refractivity contribution in [1.82, 2.24) is 0 Å². The normalized spacial score (nSPS) is 11.1. The van der Waals surface area contributed by atoms with Crippen LogP contribution in [0, 0.1) is 0 Å². The molecule has 0 aliphatic heterocycles. The van der Waals surface area contributed by atoms with Crippen molar-refractivity contribution >= 4 is 37.9 Å². The van der Waals surface area contributed by atoms with Gasteiger partial charge in [-0.2, -0.15) is 0 Å². The molecule has 0 aromatic rings. The maximum Gasteiger partial charge on any atom is 0.299 e. The Morgan fingerprint density at radius 2 is 1.08 bits per heavy atom. The first-order valence-corrected chi connectivity index (χ1v) is 8.78. The molecule has 0 amide bonds. The predicted molar refractivity (Wildman–Crippen MR) is 58.9 cm³/mol. The fourth-order valence-electron chi connectivity index (χ4n) is 0.408. The van der Waals surface area contributed by atoms with Crippen molar-refractivity contribution in [2.24, 2.45) is 0 Å². The van der Waals surface area contributed by atoms with E-state index in [1.807, 2.05) is 0 Å². The lowest BCUT2D eigenvalue weighted by Gasteiger charge is -2.15. The van der Waals surface area contributed by atoms with Crippen LogP contribution in [0.5, 0.6) is 0 Å². The summed E-state index contributed by atoms with van der Waals surface area (Å²) < 4.78 is 16.4. The summed E-state index contributed by atoms with van der Waals surface area (Å²) in [6.07, 6.45) is 0. The first-order chi connectivity index (χ1) is 6.35. The molecule has 0 fully saturated rings. The summed E-state index contributed by atoms with van der Waals surface area (Å²) in [7, 11) is 0.475. The van der Waals surface area contributed by atoms with E-state index in [1.54, 1.807) is 0 Å². The maximum atomic E-state index is 5.46. The van der Waals surface area contributed by atoms with E-state index in [1.165, 1.54) is 0 Å². The van der Waals surface area contributed by atoms with Gasteiger partial charge in [0.25, 0.3) is 8.60 Å². The van der Waals surface area contributed by atoms with E-state index in [0.29, 0.717) is 29.3 Å². The van der Waals surface area contributed by atoms with Crippen LogP contribution >= 0.6 is 8.60 Å². The minimum atomic E-state index is -1.04. The lowest BCUT2D eigenvalue weighted by molar-refractivity contribution is 0.416. The zero-order chi connectivity index (χ0) is 9.94. The first-order valence-electron chi connectivity index (χ1n) is 4.34. The Balaban J connectivity index is 3.47. The predicted octanol–water partition coefficient (Wildman–Crippen LogP) is 2.44. The zero-order valence-corrected chi connectivity index (χ0v) is 12.2. The van der Waals surface area contributed by atoms with Crippen LogP contribution in [0.15, 0.2) is 0 Å². The summed E-state index contributed by atoms with van der Waals surface area (Å²) in [5.41, 5.74) is 0. The summed E-state index contributed by atoms with van der Waals surface area (Å²) in [6, 6.07) is 3.11. The Bertz CT molecular complexity index is 90.1. The first kappa shape index (κ1) is 14.0. The Hall–Kier alpha value is 0.961. The molecule has 6 radical (unpaired) electrons. The molecule has 3 nitrogen and oxygen atoms in total. The largest absolute Gasteiger partial charge is 0.356 e. The van der Waals surface area contributed by atoms with Crippen LogP contribution in [0.25, 0.3) is 0 Å². The van der Waals surface area contributed by atoms with E-state index < -0.39 is 8.60 Å². The molecule has 0 aliphatic rings. The third-order valence-electron chi connectivity index (χ3n) is 0.850. The van der Waals surface area contributed by atoms with Gasteiger partial charge in [0.15, 0.2) is 0 Å². The molecule has 0 rings (SSSR count). The average molecular weight is 250 g/mol. The van der Waals surface area contributed by atoms with Gasteiger partial charge in [-0.1, -0.05) is 20.8 Å². The van der Waals surface area contributed by atoms with Crippen molar-refractivity contribution in [2.45, 2.75) is 38.9 Å². The van der Waals surface area contributed by atoms with Gasteiger partial charge in [-0.15, -0.1) is 0 Å². The molecule has 13 heavy (non-hydrogen) atoms. The van der Waals surface area contributed by atoms with Gasteiger partial charge in [-0.3, -0.25) is 0 Å². The van der Waals surface area contributed by atoms with Crippen LogP contribution in [0.1, 0.15) is 20.8 Å². The van der Waals surface area contributed by atoms with Crippen LogP contribution in [0.2, 0.25) is 18.1 Å². The molecule has 7 heteroatoms. The van der Waals surface area contributed by atoms with Gasteiger partial charge in [-0.05, 0) is 18.1 Å². The van der Waals surface area contributed by atoms with Gasteiger partial charge >= 0.3 is 0 Å². The number of rotatable bonds is 9. The summed E-state index contributed by atoms with van der Waals surface area (Å²) in [6.45, 7) is 6.28. The van der Waals surface area contributed by atoms with Crippen molar-refractivity contribution in [2.75, 3.05) is 0 Å². The number of hydrogen-bond donors (Lipinski definition) is 0. The SMILES string of the molecule is CC[Si]OP(O[Si]CC)O[Si]CC. The van der Waals surface area contributed by atoms with E-state index in [9.17, 15) is 0 Å². The smallest absolute Gasteiger partial charge is 0.299 e. The Morgan fingerprint density at radius 3 is 1.31 bits per heavy atom. The molecule has 0 aromatic heterocycles. The lowest BCUT2D eigenvalue weighted by atomic mass is 11.0. The fraction of sp³-hybridized carbons (Fsp3) is 1.00. The van der Waals surface area contributed by atoms with E-state index in [4.69, 9.17) is 12.6 Å². The summed E-state index contributed by atoms with van der Waals surface area (Å²) in [5, 5.41) is 0. The minimum Gasteiger partial charge on any atom is -0.356 e. The second-order valence-corrected chi connectivity index (χ2v) is 7.62. The van der Waals surface area contributed by atoms with Crippen molar-refractivity contribution < 1.29 is 12.6 Å². The standard InChI is InChI=1S/C6H15O3PSi3/c1-4-11-7-10(8-12-5-2)9-13-6-3/h4-6H2,1-3H3. The molecule has 0 atom stereocenters. The Labute approximate surface area is 89.8 Å². The molecule has 0 bridgehead atoms. The fourth-order valence-corrected chi connectivity index (χ4v) is 4.68. The van der Waals surface area contributed by atoms with Gasteiger partial charge < -0.3 is 12.6 Å². The maximum absolute atomic E-state index is 5.46. The second-order valence-electron chi connectivity index (χ2n) is 1.99. The van der Waals surface area contributed by atoms with Gasteiger partial charge in [0.2, 0.25) is 29.3 Å². The Morgan fingerprint density at radius 1 is 0.769 bits per heavy atom. The third kappa shape index (κ3) is 9.27. The van der Waals surface area contributed by atoms with Crippen molar-refractivity contribution in [3.05, 3.63) is 0 Å². The molecule has 0 N–H and O–H groups in total. The molecular weight excluding hydrogens is 235 g/mol. The monoisotopic (exact) mass is 250 g/mol. The molecule has 0 aromatic carbocycles. The molecule has 0 aliphatic carbocycles. The number of hydrogen-bond acceptors (Lipinski definition) is 3. The Kier molecular flexibility index (Phi) is 11.9. The molecule has 0 spiro atoms. The van der Waals surface area contributed by atoms with Gasteiger partial charge in [-0.25, -0.2) is 0 Å². The van der Waals surface area contributed by atoms with Crippen molar-refractivity contribution in [3.8, 4) is 0 Å². The van der Waals surface area contributed by atoms with E-state index in [0.717, 1.165) is 18.1 Å². The second kappa shape index (κ2) is 11.0. The topological polar surface area (TPSA) is 27.7 Å². The quantitative estimate of drug-likeness (QED) is 0.465. The lowest BCUT2D eigenvalue weighted by Crippen LogP contribution is -2.03. The average Bonchev–Trinajstić information content (AvgIpc) is 2.17. The molecule has 0 saturated carbocycles. The molecule has 74 valence electrons. The van der Waals surface area contributed by atoms with Crippen LogP contribution < -0.4 is 0 Å². The highest BCUT2D eigenvalue weighted by molar-refractivity contribution is 7.45. The summed E-state index contributed by atoms with van der Waals surface area (Å²) in [5.74, 6) is 0. The highest BCUT2D eigenvalue weighted by Gasteiger charge is 2.11. The van der Waals surface area contributed by atoms with Crippen LogP contribution in [0.4, 0.5) is 0 Å². The summed E-state index contributed by atoms with van der Waals surface area (Å²) >= 11 is 0. The molecule has 0 unspecified atom stereocenters. The van der Waals surface area contributed by atoms with Gasteiger partial charge in [0.05, 0.1) is 0 Å². The van der Waals surface area contributed by atoms with Crippen molar-refractivity contribution in [1.29, 1.82) is 0 Å². The van der Waals surface area contributed by atoms with Crippen LogP contribution in [-0.4, -0.2) is 29.3 Å². The highest BCUT2D eigenvalue weighted by atomic mass is 31.2. The molecular formula is C6H15O3PSi3. The van der Waals surface area contributed by atoms with Crippen LogP contribution in [-0.2, 0) is 12.6 Å². The molecule has 0 saturated heterocycles. The zero-order valence-electron chi connectivity index (χ0n) is 8.29. The van der Waals surface area contributed by atoms with Gasteiger partial charge in [0.1, 0.15) is 0 Å². The highest BCUT2D eigenvalue weighted by Crippen LogP contribution is 2.38. The minimum absolute atomic E-state index is 0.505. The third-order valence-corrected chi connectivity index (χ3v) is 5.05. The van der Waals surface area contributed by atoms with Crippen molar-refractivity contribution in [3.63, 3.8) is 0 Å². The molecule has 0 heterocycles. The van der Waals surface area contributed by atoms with E-state index >= 15 is 0 Å². The van der Waals surface area contributed by atoms with Gasteiger partial charge in [0, 0.05) is 0 Å². The van der Waals surface area contributed by atoms with E-state index in [-0.39, 0.29) is 0 Å². The summed E-state index contributed by atoms with van der Waals surface area (Å²) in [4.78, 5) is 0. The van der Waals surface area contributed by atoms with E-state index in [2.05, 4.69) is 20.8 Å². The van der Waals surface area contributed by atoms with Crippen LogP contribution in [0.3, 0.4) is 0 Å².